The molecule has 0 atom stereocenters. The molecule has 0 aromatic carbocycles. The summed E-state index contributed by atoms with van der Waals surface area (Å²) in [5.74, 6) is 0. The molecule has 0 aromatic heterocycles. The second kappa shape index (κ2) is 27.4. The van der Waals surface area contributed by atoms with Crippen molar-refractivity contribution in [2.45, 2.75) is 0 Å². The van der Waals surface area contributed by atoms with E-state index in [2.05, 4.69) is 0 Å². The third kappa shape index (κ3) is 229. The van der Waals surface area contributed by atoms with Crippen molar-refractivity contribution < 1.29 is 17.1 Å². The van der Waals surface area contributed by atoms with Crippen molar-refractivity contribution in [2.75, 3.05) is 0 Å². The molecule has 0 spiro atoms. The van der Waals surface area contributed by atoms with E-state index in [-0.39, 0.29) is 11.0 Å². The van der Waals surface area contributed by atoms with E-state index in [1.165, 1.54) is 0 Å². The normalized spacial score (nSPS) is 1.60. The molecule has 0 saturated heterocycles. The molecule has 0 saturated carbocycles. The average Bonchev–Trinajstić information content (AvgIpc) is 0.918. The Hall–Kier alpha value is 0.319. The van der Waals surface area contributed by atoms with Crippen LogP contribution >= 0.6 is 0 Å². The van der Waals surface area contributed by atoms with E-state index >= 15 is 0 Å². The van der Waals surface area contributed by atoms with Gasteiger partial charge in [-0.05, 0) is 0 Å². The fourth-order valence-electron chi connectivity index (χ4n) is 0. The van der Waals surface area contributed by atoms with Gasteiger partial charge in [0, 0.05) is 0 Å². The summed E-state index contributed by atoms with van der Waals surface area (Å²) >= 11 is -2.27. The fourth-order valence-corrected chi connectivity index (χ4v) is 0. The van der Waals surface area contributed by atoms with Gasteiger partial charge in [-0.2, -0.15) is 0 Å². The van der Waals surface area contributed by atoms with Crippen LogP contribution in [0, 0.1) is 0 Å². The van der Waals surface area contributed by atoms with E-state index in [9.17, 15) is 0 Å². The Morgan fingerprint density at radius 1 is 1.00 bits per heavy atom. The van der Waals surface area contributed by atoms with E-state index in [1.54, 1.807) is 0 Å². The zero-order valence-electron chi connectivity index (χ0n) is 2.32. The average molecular weight is 187 g/mol. The molecule has 0 amide bonds. The van der Waals surface area contributed by atoms with Crippen LogP contribution in [0.4, 0.5) is 0 Å². The maximum absolute atomic E-state index is 8.54. The first-order valence-corrected chi connectivity index (χ1v) is 2.74. The number of hydrogen-bond acceptors (Lipinski definition) is 2. The van der Waals surface area contributed by atoms with Gasteiger partial charge in [0.05, 0.1) is 0 Å². The van der Waals surface area contributed by atoms with Crippen LogP contribution in [0.2, 0.25) is 0 Å². The van der Waals surface area contributed by atoms with Crippen molar-refractivity contribution in [3.05, 3.63) is 0 Å². The Balaban J connectivity index is -0.0000000200. The van der Waals surface area contributed by atoms with Crippen LogP contribution in [0.25, 0.3) is 0 Å². The summed E-state index contributed by atoms with van der Waals surface area (Å²) < 4.78 is 17.1. The van der Waals surface area contributed by atoms with Crippen LogP contribution in [-0.2, 0) is 6.15 Å². The standard InChI is InChI=1S/2H2O.2O.Sn/h2*1H2;;;. The summed E-state index contributed by atoms with van der Waals surface area (Å²) in [6, 6.07) is 0. The number of hydrogen-bond donors (Lipinski definition) is 0. The molecule has 0 heterocycles. The molecule has 4 nitrogen and oxygen atoms in total. The van der Waals surface area contributed by atoms with Gasteiger partial charge in [-0.1, -0.05) is 0 Å². The Labute approximate surface area is 38.8 Å². The molecule has 4 N–H and O–H groups in total. The van der Waals surface area contributed by atoms with Gasteiger partial charge >= 0.3 is 27.3 Å². The first-order chi connectivity index (χ1) is 1.41. The summed E-state index contributed by atoms with van der Waals surface area (Å²) in [6.07, 6.45) is 0. The van der Waals surface area contributed by atoms with Gasteiger partial charge in [0.1, 0.15) is 0 Å². The second-order valence-electron chi connectivity index (χ2n) is 0.0833. The zero-order valence-corrected chi connectivity index (χ0v) is 5.17. The molecule has 0 aromatic rings. The molecule has 0 aliphatic rings. The quantitative estimate of drug-likeness (QED) is 0.399. The van der Waals surface area contributed by atoms with E-state index < -0.39 is 21.1 Å². The summed E-state index contributed by atoms with van der Waals surface area (Å²) in [4.78, 5) is 0. The van der Waals surface area contributed by atoms with Crippen LogP contribution in [0.5, 0.6) is 0 Å². The van der Waals surface area contributed by atoms with Gasteiger partial charge in [0.15, 0.2) is 0 Å². The third-order valence-electron chi connectivity index (χ3n) is 0. The molecule has 0 aliphatic carbocycles. The van der Waals surface area contributed by atoms with Gasteiger partial charge in [-0.3, -0.25) is 0 Å². The predicted octanol–water partition coefficient (Wildman–Crippen LogP) is -2.27. The predicted molar refractivity (Wildman–Crippen MR) is 14.4 cm³/mol. The van der Waals surface area contributed by atoms with E-state index in [4.69, 9.17) is 6.15 Å². The third-order valence-corrected chi connectivity index (χ3v) is 0. The molecule has 0 fully saturated rings. The van der Waals surface area contributed by atoms with Crippen LogP contribution in [-0.4, -0.2) is 32.1 Å². The summed E-state index contributed by atoms with van der Waals surface area (Å²) in [7, 11) is 0. The maximum atomic E-state index is 8.54. The fraction of sp³-hybridized carbons (Fsp3) is 0. The monoisotopic (exact) mass is 188 g/mol. The Bertz CT molecular complexity index is 24.6. The SMILES string of the molecule is O.O.[O]=[Sn]=[O]. The molecule has 0 unspecified atom stereocenters. The molecule has 0 bridgehead atoms. The minimum absolute atomic E-state index is 0. The summed E-state index contributed by atoms with van der Waals surface area (Å²) in [5.41, 5.74) is 0. The molecule has 32 valence electrons. The Morgan fingerprint density at radius 2 is 1.00 bits per heavy atom. The Kier molecular flexibility index (Phi) is 101. The van der Waals surface area contributed by atoms with Crippen molar-refractivity contribution in [2.24, 2.45) is 0 Å². The molecule has 5 heavy (non-hydrogen) atoms. The Morgan fingerprint density at radius 3 is 1.00 bits per heavy atom. The van der Waals surface area contributed by atoms with Crippen molar-refractivity contribution in [1.29, 1.82) is 0 Å². The summed E-state index contributed by atoms with van der Waals surface area (Å²) in [5, 5.41) is 0. The van der Waals surface area contributed by atoms with E-state index in [0.29, 0.717) is 0 Å². The summed E-state index contributed by atoms with van der Waals surface area (Å²) in [6.45, 7) is 0. The van der Waals surface area contributed by atoms with Gasteiger partial charge < -0.3 is 11.0 Å². The van der Waals surface area contributed by atoms with Crippen LogP contribution in [0.1, 0.15) is 0 Å². The molecule has 5 heteroatoms. The zero-order chi connectivity index (χ0) is 2.71. The molecule has 0 rings (SSSR count). The second-order valence-corrected chi connectivity index (χ2v) is 0.559. The van der Waals surface area contributed by atoms with Crippen LogP contribution in [0.15, 0.2) is 0 Å². The van der Waals surface area contributed by atoms with E-state index in [1.807, 2.05) is 0 Å². The van der Waals surface area contributed by atoms with Gasteiger partial charge in [-0.15, -0.1) is 0 Å². The van der Waals surface area contributed by atoms with Crippen molar-refractivity contribution in [3.8, 4) is 0 Å². The topological polar surface area (TPSA) is 97.1 Å². The number of rotatable bonds is 0. The van der Waals surface area contributed by atoms with Crippen LogP contribution in [0.3, 0.4) is 0 Å². The van der Waals surface area contributed by atoms with Crippen molar-refractivity contribution in [1.82, 2.24) is 0 Å². The van der Waals surface area contributed by atoms with Crippen LogP contribution < -0.4 is 0 Å². The molecular formula is H4O4Sn. The van der Waals surface area contributed by atoms with E-state index in [0.717, 1.165) is 0 Å². The van der Waals surface area contributed by atoms with Crippen molar-refractivity contribution in [3.63, 3.8) is 0 Å². The molecule has 0 radical (unpaired) electrons. The van der Waals surface area contributed by atoms with Gasteiger partial charge in [0.25, 0.3) is 0 Å². The van der Waals surface area contributed by atoms with Gasteiger partial charge in [-0.25, -0.2) is 0 Å². The first-order valence-electron chi connectivity index (χ1n) is 0.408. The molecular weight excluding hydrogens is 183 g/mol. The van der Waals surface area contributed by atoms with Gasteiger partial charge in [0.2, 0.25) is 0 Å². The molecule has 0 aliphatic heterocycles. The first kappa shape index (κ1) is 18.5. The minimum atomic E-state index is -2.27. The van der Waals surface area contributed by atoms with Crippen molar-refractivity contribution >= 4 is 21.1 Å².